The molecule has 0 aliphatic carbocycles. The van der Waals surface area contributed by atoms with Crippen molar-refractivity contribution in [3.05, 3.63) is 0 Å². The predicted molar refractivity (Wildman–Crippen MR) is 221 cm³/mol. The summed E-state index contributed by atoms with van der Waals surface area (Å²) in [5.41, 5.74) is 0. The molecule has 0 bridgehead atoms. The number of amides is 4. The van der Waals surface area contributed by atoms with Gasteiger partial charge in [-0.1, -0.05) is 0 Å². The van der Waals surface area contributed by atoms with Crippen molar-refractivity contribution < 1.29 is 72.3 Å². The van der Waals surface area contributed by atoms with Gasteiger partial charge in [0.1, 0.15) is 24.9 Å². The lowest BCUT2D eigenvalue weighted by atomic mass is 9.95. The summed E-state index contributed by atoms with van der Waals surface area (Å²) in [6.07, 6.45) is 3.02. The molecule has 0 aromatic carbocycles. The molecule has 0 heterocycles. The van der Waals surface area contributed by atoms with Crippen LogP contribution >= 0.6 is 35.1 Å². The fraction of sp³-hybridized carbons (Fsp3) is 0.757. The Kier molecular flexibility index (Phi) is 34.4. The highest BCUT2D eigenvalue weighted by Gasteiger charge is 2.28. The largest absolute Gasteiger partial charge is 0.481 e. The first-order chi connectivity index (χ1) is 28.2. The van der Waals surface area contributed by atoms with Gasteiger partial charge in [-0.3, -0.25) is 43.2 Å². The van der Waals surface area contributed by atoms with Crippen LogP contribution in [-0.2, 0) is 62.1 Å². The molecule has 19 nitrogen and oxygen atoms in total. The molecule has 0 rings (SSSR count). The number of carbonyl (C=O) groups excluding carboxylic acids is 7. The number of Topliss-reactive ketones (excluding diaryl/α,β-unsaturated/α-hetero) is 3. The summed E-state index contributed by atoms with van der Waals surface area (Å²) in [6, 6.07) is 0. The molecule has 0 radical (unpaired) electrons. The Morgan fingerprint density at radius 2 is 1.12 bits per heavy atom. The average molecular weight is 901 g/mol. The highest BCUT2D eigenvalue weighted by molar-refractivity contribution is 7.99. The molecule has 22 heteroatoms. The molecular formula is C37H61ClN4O15S2. The molecule has 0 spiro atoms. The number of carboxylic acid groups (broad SMARTS) is 2. The second-order valence-electron chi connectivity index (χ2n) is 13.0. The van der Waals surface area contributed by atoms with E-state index in [-0.39, 0.29) is 160 Å². The zero-order valence-electron chi connectivity index (χ0n) is 34.0. The fourth-order valence-corrected chi connectivity index (χ4v) is 6.10. The molecule has 0 saturated carbocycles. The van der Waals surface area contributed by atoms with Crippen LogP contribution in [0.5, 0.6) is 0 Å². The van der Waals surface area contributed by atoms with Gasteiger partial charge in [-0.25, -0.2) is 0 Å². The van der Waals surface area contributed by atoms with Crippen molar-refractivity contribution in [1.29, 1.82) is 0 Å². The first-order valence-electron chi connectivity index (χ1n) is 19.2. The highest BCUT2D eigenvalue weighted by Crippen LogP contribution is 2.17. The minimum absolute atomic E-state index is 0.0130. The van der Waals surface area contributed by atoms with E-state index in [0.717, 1.165) is 0 Å². The lowest BCUT2D eigenvalue weighted by Gasteiger charge is -2.27. The van der Waals surface area contributed by atoms with Crippen LogP contribution in [0.15, 0.2) is 0 Å². The van der Waals surface area contributed by atoms with Crippen LogP contribution in [0.4, 0.5) is 0 Å². The number of rotatable bonds is 40. The normalized spacial score (nSPS) is 11.9. The average Bonchev–Trinajstić information content (AvgIpc) is 3.18. The van der Waals surface area contributed by atoms with Gasteiger partial charge in [0, 0.05) is 70.7 Å². The van der Waals surface area contributed by atoms with E-state index in [1.807, 2.05) is 6.26 Å². The second kappa shape index (κ2) is 36.5. The topological polar surface area (TPSA) is 270 Å². The number of aliphatic carboxylic acids is 2. The van der Waals surface area contributed by atoms with E-state index >= 15 is 0 Å². The molecule has 59 heavy (non-hydrogen) atoms. The Hall–Kier alpha value is -3.34. The molecule has 0 aliphatic rings. The Balaban J connectivity index is 4.59. The van der Waals surface area contributed by atoms with Crippen molar-refractivity contribution in [3.8, 4) is 0 Å². The lowest BCUT2D eigenvalue weighted by molar-refractivity contribution is -0.145. The van der Waals surface area contributed by atoms with Gasteiger partial charge < -0.3 is 50.0 Å². The highest BCUT2D eigenvalue weighted by atomic mass is 35.5. The molecule has 0 aliphatic heterocycles. The first kappa shape index (κ1) is 55.7. The number of ketones is 3. The number of hydrogen-bond donors (Lipinski definition) is 5. The van der Waals surface area contributed by atoms with Crippen LogP contribution in [-0.4, -0.2) is 184 Å². The molecule has 4 amide bonds. The minimum Gasteiger partial charge on any atom is -0.481 e. The zero-order valence-corrected chi connectivity index (χ0v) is 36.4. The fourth-order valence-electron chi connectivity index (χ4n) is 5.17. The molecule has 2 atom stereocenters. The third-order valence-electron chi connectivity index (χ3n) is 8.08. The van der Waals surface area contributed by atoms with E-state index in [9.17, 15) is 53.4 Å². The zero-order chi connectivity index (χ0) is 44.3. The summed E-state index contributed by atoms with van der Waals surface area (Å²) in [5, 5.41) is 26.6. The molecule has 5 N–H and O–H groups in total. The summed E-state index contributed by atoms with van der Waals surface area (Å²) in [5.74, 6) is -6.15. The number of hydrogen-bond acceptors (Lipinski definition) is 15. The van der Waals surface area contributed by atoms with Gasteiger partial charge in [0.25, 0.3) is 0 Å². The summed E-state index contributed by atoms with van der Waals surface area (Å²) in [6.45, 7) is 0.863. The van der Waals surface area contributed by atoms with Crippen molar-refractivity contribution in [3.63, 3.8) is 0 Å². The molecule has 0 saturated heterocycles. The van der Waals surface area contributed by atoms with E-state index in [0.29, 0.717) is 12.2 Å². The number of halogens is 1. The van der Waals surface area contributed by atoms with Gasteiger partial charge in [-0.2, -0.15) is 23.5 Å². The van der Waals surface area contributed by atoms with Crippen molar-refractivity contribution in [2.24, 2.45) is 11.8 Å². The van der Waals surface area contributed by atoms with Gasteiger partial charge in [-0.15, -0.1) is 11.6 Å². The Morgan fingerprint density at radius 3 is 1.66 bits per heavy atom. The number of thioether (sulfide) groups is 2. The number of nitrogens with zero attached hydrogens (tertiary/aromatic N) is 1. The van der Waals surface area contributed by atoms with E-state index in [2.05, 4.69) is 16.0 Å². The number of carbonyl (C=O) groups is 9. The lowest BCUT2D eigenvalue weighted by Crippen LogP contribution is -2.43. The number of carboxylic acids is 2. The van der Waals surface area contributed by atoms with Crippen molar-refractivity contribution >= 4 is 88.0 Å². The van der Waals surface area contributed by atoms with Crippen molar-refractivity contribution in [2.45, 2.75) is 51.4 Å². The van der Waals surface area contributed by atoms with E-state index in [4.69, 9.17) is 30.5 Å². The monoisotopic (exact) mass is 900 g/mol. The molecule has 1 unspecified atom stereocenters. The van der Waals surface area contributed by atoms with Crippen LogP contribution in [0.3, 0.4) is 0 Å². The Labute approximate surface area is 358 Å². The predicted octanol–water partition coefficient (Wildman–Crippen LogP) is 0.425. The second-order valence-corrected chi connectivity index (χ2v) is 15.0. The molecule has 338 valence electrons. The van der Waals surface area contributed by atoms with Crippen LogP contribution in [0.1, 0.15) is 51.4 Å². The van der Waals surface area contributed by atoms with Gasteiger partial charge in [0.05, 0.1) is 57.1 Å². The van der Waals surface area contributed by atoms with Crippen LogP contribution in [0.25, 0.3) is 0 Å². The minimum atomic E-state index is -1.21. The Morgan fingerprint density at radius 1 is 0.593 bits per heavy atom. The third-order valence-corrected chi connectivity index (χ3v) is 9.49. The van der Waals surface area contributed by atoms with Crippen molar-refractivity contribution in [1.82, 2.24) is 20.9 Å². The molecule has 0 aromatic rings. The first-order valence-corrected chi connectivity index (χ1v) is 22.5. The summed E-state index contributed by atoms with van der Waals surface area (Å²) < 4.78 is 21.2. The summed E-state index contributed by atoms with van der Waals surface area (Å²) in [7, 11) is 0. The maximum absolute atomic E-state index is 13.6. The summed E-state index contributed by atoms with van der Waals surface area (Å²) >= 11 is 8.10. The van der Waals surface area contributed by atoms with Crippen LogP contribution < -0.4 is 16.0 Å². The molecule has 0 aromatic heterocycles. The van der Waals surface area contributed by atoms with Gasteiger partial charge in [0.2, 0.25) is 23.6 Å². The van der Waals surface area contributed by atoms with Gasteiger partial charge in [-0.05, 0) is 31.8 Å². The van der Waals surface area contributed by atoms with Crippen LogP contribution in [0, 0.1) is 11.8 Å². The maximum Gasteiger partial charge on any atom is 0.306 e. The molecular weight excluding hydrogens is 840 g/mol. The quantitative estimate of drug-likeness (QED) is 0.0412. The van der Waals surface area contributed by atoms with Gasteiger partial charge >= 0.3 is 11.9 Å². The van der Waals surface area contributed by atoms with Gasteiger partial charge in [0.15, 0.2) is 11.6 Å². The number of nitrogens with one attached hydrogen (secondary N) is 3. The van der Waals surface area contributed by atoms with Crippen molar-refractivity contribution in [2.75, 3.05) is 115 Å². The number of alkyl halides is 1. The van der Waals surface area contributed by atoms with E-state index in [1.54, 1.807) is 6.26 Å². The van der Waals surface area contributed by atoms with E-state index in [1.165, 1.54) is 28.4 Å². The maximum atomic E-state index is 13.6. The summed E-state index contributed by atoms with van der Waals surface area (Å²) in [4.78, 5) is 110. The molecule has 0 fully saturated rings. The van der Waals surface area contributed by atoms with Crippen LogP contribution in [0.2, 0.25) is 0 Å². The standard InChI is InChI=1S/C37H61ClN4O15S2/c1-58-25-29(43)4-3-12-42(13-9-39-34(48)26-59-2)36(51)27(6-8-35(49)50)20-30(44)23-56-18-16-54-14-10-40-32(46)7-5-28(37(52)53)21-31(45)24-57-19-17-55-15-11-41-33(47)22-38/h27-28H,3-26H2,1-2H3,(H,39,48)(H,40,46)(H,41,47)(H,49,50)(H,52,53)/t27-,28?/m1/s1. The third kappa shape index (κ3) is 32.2. The Bertz CT molecular complexity index is 1290. The SMILES string of the molecule is CSCC(=O)CCCN(CCNC(=O)CSC)C(=O)[C@H](CCC(=O)O)CC(=O)COCCOCCNC(=O)CCC(CC(=O)COCCOCCNC(=O)CCl)C(=O)O. The smallest absolute Gasteiger partial charge is 0.306 e. The number of ether oxygens (including phenoxy) is 4. The van der Waals surface area contributed by atoms with E-state index < -0.39 is 47.2 Å².